The minimum Gasteiger partial charge on any atom is -0.491 e. The lowest BCUT2D eigenvalue weighted by atomic mass is 10.1. The average molecular weight is 569 g/mol. The van der Waals surface area contributed by atoms with E-state index < -0.39 is 86.8 Å². The molecule has 2 aliphatic heterocycles. The Morgan fingerprint density at radius 3 is 2.62 bits per heavy atom. The Hall–Kier alpha value is -3.52. The van der Waals surface area contributed by atoms with Gasteiger partial charge >= 0.3 is 0 Å². The van der Waals surface area contributed by atoms with Gasteiger partial charge in [-0.2, -0.15) is 8.70 Å². The quantitative estimate of drug-likeness (QED) is 0.457. The Kier molecular flexibility index (Phi) is 8.25. The maximum Gasteiger partial charge on any atom is 0.255 e. The molecule has 1 N–H and O–H groups in total. The SMILES string of the molecule is CCCC(NC(=O)c1cc(F)c(OC)c(F)c1F)C(=O)N1CCC2C1C(=O)CN2S(=O)(=O)Cc1ccccn1. The van der Waals surface area contributed by atoms with Crippen molar-refractivity contribution in [2.75, 3.05) is 20.2 Å². The van der Waals surface area contributed by atoms with Crippen LogP contribution in [0.2, 0.25) is 0 Å². The highest BCUT2D eigenvalue weighted by Crippen LogP contribution is 2.33. The van der Waals surface area contributed by atoms with Gasteiger partial charge in [0, 0.05) is 12.7 Å². The molecule has 4 rings (SSSR count). The number of benzene rings is 1. The van der Waals surface area contributed by atoms with Gasteiger partial charge < -0.3 is 15.0 Å². The first-order valence-corrected chi connectivity index (χ1v) is 13.9. The number of hydrogen-bond donors (Lipinski definition) is 1. The summed E-state index contributed by atoms with van der Waals surface area (Å²) in [5.74, 6) is -8.41. The third-order valence-electron chi connectivity index (χ3n) is 6.82. The molecule has 2 aliphatic rings. The van der Waals surface area contributed by atoms with Gasteiger partial charge in [0.05, 0.1) is 31.0 Å². The van der Waals surface area contributed by atoms with Crippen LogP contribution in [0.25, 0.3) is 0 Å². The van der Waals surface area contributed by atoms with Crippen LogP contribution in [0.3, 0.4) is 0 Å². The van der Waals surface area contributed by atoms with Crippen LogP contribution in [-0.2, 0) is 25.4 Å². The number of fused-ring (bicyclic) bond motifs is 1. The predicted octanol–water partition coefficient (Wildman–Crippen LogP) is 1.79. The van der Waals surface area contributed by atoms with Crippen LogP contribution >= 0.6 is 0 Å². The minimum absolute atomic E-state index is 0.0474. The predicted molar refractivity (Wildman–Crippen MR) is 132 cm³/mol. The number of Topliss-reactive ketones (excluding diaryl/α,β-unsaturated/α-hetero) is 1. The number of hydrogen-bond acceptors (Lipinski definition) is 7. The van der Waals surface area contributed by atoms with E-state index in [1.807, 2.05) is 0 Å². The molecular weight excluding hydrogens is 541 g/mol. The molecule has 210 valence electrons. The Balaban J connectivity index is 1.53. The Morgan fingerprint density at radius 1 is 1.23 bits per heavy atom. The molecule has 0 bridgehead atoms. The molecule has 3 atom stereocenters. The summed E-state index contributed by atoms with van der Waals surface area (Å²) in [4.78, 5) is 44.4. The van der Waals surface area contributed by atoms with Gasteiger partial charge in [-0.1, -0.05) is 19.4 Å². The smallest absolute Gasteiger partial charge is 0.255 e. The second kappa shape index (κ2) is 11.3. The number of nitrogens with one attached hydrogen (secondary N) is 1. The highest BCUT2D eigenvalue weighted by molar-refractivity contribution is 7.88. The lowest BCUT2D eigenvalue weighted by Crippen LogP contribution is -2.52. The summed E-state index contributed by atoms with van der Waals surface area (Å²) in [6, 6.07) is 2.23. The fourth-order valence-corrected chi connectivity index (χ4v) is 6.72. The zero-order valence-corrected chi connectivity index (χ0v) is 22.0. The molecule has 0 spiro atoms. The van der Waals surface area contributed by atoms with Crippen molar-refractivity contribution < 1.29 is 40.7 Å². The van der Waals surface area contributed by atoms with Crippen LogP contribution in [0.5, 0.6) is 5.75 Å². The number of likely N-dealkylation sites (tertiary alicyclic amines) is 1. The largest absolute Gasteiger partial charge is 0.491 e. The third-order valence-corrected chi connectivity index (χ3v) is 8.60. The van der Waals surface area contributed by atoms with E-state index in [1.165, 1.54) is 11.1 Å². The molecule has 0 saturated carbocycles. The van der Waals surface area contributed by atoms with E-state index in [0.717, 1.165) is 11.4 Å². The van der Waals surface area contributed by atoms with Crippen molar-refractivity contribution in [1.82, 2.24) is 19.5 Å². The van der Waals surface area contributed by atoms with Crippen molar-refractivity contribution in [3.63, 3.8) is 0 Å². The molecule has 0 aliphatic carbocycles. The van der Waals surface area contributed by atoms with E-state index in [-0.39, 0.29) is 19.4 Å². The van der Waals surface area contributed by atoms with Crippen molar-refractivity contribution >= 4 is 27.6 Å². The molecule has 1 aromatic carbocycles. The number of ketones is 1. The minimum atomic E-state index is -3.93. The summed E-state index contributed by atoms with van der Waals surface area (Å²) in [7, 11) is -2.99. The van der Waals surface area contributed by atoms with Crippen LogP contribution < -0.4 is 10.1 Å². The average Bonchev–Trinajstić information content (AvgIpc) is 3.47. The zero-order chi connectivity index (χ0) is 28.5. The van der Waals surface area contributed by atoms with Gasteiger partial charge in [0.1, 0.15) is 17.8 Å². The molecule has 10 nitrogen and oxygen atoms in total. The standard InChI is InChI=1S/C25H27F3N4O6S/c1-3-6-17(30-24(34)15-11-16(26)23(38-2)21(28)20(15)27)25(35)31-10-8-18-22(31)19(33)12-32(18)39(36,37)13-14-7-4-5-9-29-14/h4-5,7,9,11,17-18,22H,3,6,8,10,12-13H2,1-2H3,(H,30,34). The maximum absolute atomic E-state index is 14.5. The van der Waals surface area contributed by atoms with Crippen LogP contribution in [0.1, 0.15) is 42.2 Å². The topological polar surface area (TPSA) is 126 Å². The Labute approximate surface area is 223 Å². The molecule has 3 heterocycles. The van der Waals surface area contributed by atoms with Gasteiger partial charge in [0.2, 0.25) is 21.7 Å². The number of ether oxygens (including phenoxy) is 1. The summed E-state index contributed by atoms with van der Waals surface area (Å²) in [5.41, 5.74) is -0.647. The van der Waals surface area contributed by atoms with Gasteiger partial charge in [-0.25, -0.2) is 17.2 Å². The van der Waals surface area contributed by atoms with Crippen molar-refractivity contribution in [3.8, 4) is 5.75 Å². The second-order valence-electron chi connectivity index (χ2n) is 9.30. The fourth-order valence-electron chi connectivity index (χ4n) is 5.05. The summed E-state index contributed by atoms with van der Waals surface area (Å²) >= 11 is 0. The van der Waals surface area contributed by atoms with Crippen molar-refractivity contribution in [2.45, 2.75) is 50.1 Å². The number of nitrogens with zero attached hydrogens (tertiary/aromatic N) is 3. The summed E-state index contributed by atoms with van der Waals surface area (Å²) < 4.78 is 74.5. The maximum atomic E-state index is 14.5. The number of carbonyl (C=O) groups excluding carboxylic acids is 3. The lowest BCUT2D eigenvalue weighted by Gasteiger charge is -2.28. The number of aromatic nitrogens is 1. The number of amides is 2. The number of rotatable bonds is 9. The molecular formula is C25H27F3N4O6S. The second-order valence-corrected chi connectivity index (χ2v) is 11.2. The fraction of sp³-hybridized carbons (Fsp3) is 0.440. The van der Waals surface area contributed by atoms with Gasteiger partial charge in [0.15, 0.2) is 23.2 Å². The van der Waals surface area contributed by atoms with E-state index in [0.29, 0.717) is 18.2 Å². The molecule has 2 amide bonds. The monoisotopic (exact) mass is 568 g/mol. The highest BCUT2D eigenvalue weighted by atomic mass is 32.2. The van der Waals surface area contributed by atoms with Crippen LogP contribution in [0.15, 0.2) is 30.5 Å². The van der Waals surface area contributed by atoms with Crippen molar-refractivity contribution in [3.05, 3.63) is 59.2 Å². The van der Waals surface area contributed by atoms with Crippen molar-refractivity contribution in [1.29, 1.82) is 0 Å². The molecule has 3 unspecified atom stereocenters. The van der Waals surface area contributed by atoms with E-state index in [9.17, 15) is 36.0 Å². The Bertz CT molecular complexity index is 1390. The molecule has 14 heteroatoms. The van der Waals surface area contributed by atoms with Crippen molar-refractivity contribution in [2.24, 2.45) is 0 Å². The first-order valence-electron chi connectivity index (χ1n) is 12.2. The van der Waals surface area contributed by atoms with Gasteiger partial charge in [-0.05, 0) is 31.0 Å². The van der Waals surface area contributed by atoms with Crippen LogP contribution in [0, 0.1) is 17.5 Å². The number of sulfonamides is 1. The van der Waals surface area contributed by atoms with E-state index in [2.05, 4.69) is 15.0 Å². The first-order chi connectivity index (χ1) is 18.5. The van der Waals surface area contributed by atoms with Gasteiger partial charge in [-0.15, -0.1) is 0 Å². The Morgan fingerprint density at radius 2 is 1.97 bits per heavy atom. The van der Waals surface area contributed by atoms with Gasteiger partial charge in [-0.3, -0.25) is 19.4 Å². The van der Waals surface area contributed by atoms with E-state index in [4.69, 9.17) is 0 Å². The zero-order valence-electron chi connectivity index (χ0n) is 21.2. The first kappa shape index (κ1) is 28.5. The number of halogens is 3. The number of carbonyl (C=O) groups is 3. The molecule has 2 fully saturated rings. The summed E-state index contributed by atoms with van der Waals surface area (Å²) in [5, 5.41) is 2.32. The van der Waals surface area contributed by atoms with E-state index >= 15 is 0 Å². The highest BCUT2D eigenvalue weighted by Gasteiger charge is 2.54. The molecule has 1 aromatic heterocycles. The molecule has 2 aromatic rings. The van der Waals surface area contributed by atoms with Gasteiger partial charge in [0.25, 0.3) is 5.91 Å². The normalized spacial score (nSPS) is 20.1. The lowest BCUT2D eigenvalue weighted by molar-refractivity contribution is -0.138. The number of pyridine rings is 1. The number of methoxy groups -OCH3 is 1. The van der Waals surface area contributed by atoms with E-state index in [1.54, 1.807) is 25.1 Å². The molecule has 2 saturated heterocycles. The molecule has 0 radical (unpaired) electrons. The summed E-state index contributed by atoms with van der Waals surface area (Å²) in [6.07, 6.45) is 2.13. The summed E-state index contributed by atoms with van der Waals surface area (Å²) in [6.45, 7) is 1.36. The van der Waals surface area contributed by atoms with Crippen LogP contribution in [0.4, 0.5) is 13.2 Å². The van der Waals surface area contributed by atoms with Crippen LogP contribution in [-0.4, -0.2) is 78.5 Å². The third kappa shape index (κ3) is 5.48. The molecule has 39 heavy (non-hydrogen) atoms.